The van der Waals surface area contributed by atoms with E-state index < -0.39 is 0 Å². The second kappa shape index (κ2) is 7.35. The summed E-state index contributed by atoms with van der Waals surface area (Å²) >= 11 is 12.1. The molecule has 0 aliphatic rings. The molecular formula is C16H14Br2N2OS. The number of amides is 1. The molecule has 0 spiro atoms. The molecule has 114 valence electrons. The summed E-state index contributed by atoms with van der Waals surface area (Å²) in [4.78, 5) is 12.2. The molecule has 2 aromatic rings. The van der Waals surface area contributed by atoms with E-state index in [1.165, 1.54) is 0 Å². The van der Waals surface area contributed by atoms with Crippen LogP contribution in [-0.2, 0) is 0 Å². The first kappa shape index (κ1) is 17.1. The molecule has 0 saturated heterocycles. The number of benzene rings is 2. The maximum absolute atomic E-state index is 12.2. The minimum Gasteiger partial charge on any atom is -0.331 e. The van der Waals surface area contributed by atoms with Crippen LogP contribution in [-0.4, -0.2) is 11.0 Å². The fourth-order valence-corrected chi connectivity index (χ4v) is 2.96. The summed E-state index contributed by atoms with van der Waals surface area (Å²) < 4.78 is 1.78. The van der Waals surface area contributed by atoms with Gasteiger partial charge in [0.1, 0.15) is 0 Å². The monoisotopic (exact) mass is 440 g/mol. The van der Waals surface area contributed by atoms with Crippen molar-refractivity contribution < 1.29 is 4.79 Å². The quantitative estimate of drug-likeness (QED) is 0.647. The molecule has 1 amide bonds. The van der Waals surface area contributed by atoms with Gasteiger partial charge in [0, 0.05) is 14.5 Å². The Hall–Kier alpha value is -1.24. The van der Waals surface area contributed by atoms with Crippen molar-refractivity contribution in [1.82, 2.24) is 5.32 Å². The predicted molar refractivity (Wildman–Crippen MR) is 101 cm³/mol. The Balaban J connectivity index is 2.05. The smallest absolute Gasteiger partial charge is 0.257 e. The summed E-state index contributed by atoms with van der Waals surface area (Å²) in [7, 11) is 0. The summed E-state index contributed by atoms with van der Waals surface area (Å²) in [6.07, 6.45) is 0. The molecular weight excluding hydrogens is 428 g/mol. The maximum Gasteiger partial charge on any atom is 0.257 e. The zero-order valence-corrected chi connectivity index (χ0v) is 16.0. The van der Waals surface area contributed by atoms with Gasteiger partial charge in [-0.05, 0) is 77.4 Å². The Morgan fingerprint density at radius 1 is 1.05 bits per heavy atom. The zero-order chi connectivity index (χ0) is 16.3. The molecule has 0 aromatic heterocycles. The molecule has 0 saturated carbocycles. The van der Waals surface area contributed by atoms with Gasteiger partial charge in [-0.25, -0.2) is 0 Å². The highest BCUT2D eigenvalue weighted by Crippen LogP contribution is 2.23. The molecule has 0 heterocycles. The third-order valence-corrected chi connectivity index (χ3v) is 4.75. The van der Waals surface area contributed by atoms with Crippen LogP contribution in [0.4, 0.5) is 5.69 Å². The SMILES string of the molecule is Cc1ccc(NC(=S)NC(=O)c2ccc(C)c(Br)c2)c(Br)c1. The largest absolute Gasteiger partial charge is 0.331 e. The lowest BCUT2D eigenvalue weighted by Gasteiger charge is -2.12. The minimum atomic E-state index is -0.249. The number of hydrogen-bond donors (Lipinski definition) is 2. The number of halogens is 2. The third-order valence-electron chi connectivity index (χ3n) is 3.03. The first-order chi connectivity index (χ1) is 10.4. The second-order valence-corrected chi connectivity index (χ2v) is 6.97. The van der Waals surface area contributed by atoms with Crippen LogP contribution < -0.4 is 10.6 Å². The van der Waals surface area contributed by atoms with Crippen molar-refractivity contribution in [3.05, 3.63) is 62.0 Å². The van der Waals surface area contributed by atoms with Gasteiger partial charge in [0.05, 0.1) is 5.69 Å². The predicted octanol–water partition coefficient (Wildman–Crippen LogP) is 4.96. The summed E-state index contributed by atoms with van der Waals surface area (Å²) in [5, 5.41) is 5.93. The second-order valence-electron chi connectivity index (χ2n) is 4.86. The van der Waals surface area contributed by atoms with Gasteiger partial charge in [-0.3, -0.25) is 10.1 Å². The number of hydrogen-bond acceptors (Lipinski definition) is 2. The summed E-state index contributed by atoms with van der Waals surface area (Å²) in [6, 6.07) is 11.3. The molecule has 6 heteroatoms. The highest BCUT2D eigenvalue weighted by molar-refractivity contribution is 9.10. The van der Waals surface area contributed by atoms with Crippen LogP contribution in [0.5, 0.6) is 0 Å². The first-order valence-corrected chi connectivity index (χ1v) is 8.51. The molecule has 2 rings (SSSR count). The highest BCUT2D eigenvalue weighted by Gasteiger charge is 2.10. The van der Waals surface area contributed by atoms with Gasteiger partial charge in [0.25, 0.3) is 5.91 Å². The van der Waals surface area contributed by atoms with Gasteiger partial charge >= 0.3 is 0 Å². The standard InChI is InChI=1S/C16H14Br2N2OS/c1-9-3-6-14(13(18)7-9)19-16(22)20-15(21)11-5-4-10(2)12(17)8-11/h3-8H,1-2H3,(H2,19,20,21,22). The molecule has 0 radical (unpaired) electrons. The van der Waals surface area contributed by atoms with Gasteiger partial charge in [-0.2, -0.15) is 0 Å². The van der Waals surface area contributed by atoms with E-state index in [1.807, 2.05) is 38.1 Å². The molecule has 22 heavy (non-hydrogen) atoms. The van der Waals surface area contributed by atoms with Crippen LogP contribution in [0.25, 0.3) is 0 Å². The van der Waals surface area contributed by atoms with Crippen LogP contribution in [0, 0.1) is 13.8 Å². The number of carbonyl (C=O) groups excluding carboxylic acids is 1. The number of carbonyl (C=O) groups is 1. The van der Waals surface area contributed by atoms with Crippen LogP contribution in [0.15, 0.2) is 45.3 Å². The number of nitrogens with one attached hydrogen (secondary N) is 2. The average Bonchev–Trinajstić information content (AvgIpc) is 2.45. The van der Waals surface area contributed by atoms with E-state index in [4.69, 9.17) is 12.2 Å². The molecule has 0 unspecified atom stereocenters. The van der Waals surface area contributed by atoms with E-state index in [1.54, 1.807) is 12.1 Å². The van der Waals surface area contributed by atoms with Crippen molar-refractivity contribution in [2.75, 3.05) is 5.32 Å². The highest BCUT2D eigenvalue weighted by atomic mass is 79.9. The van der Waals surface area contributed by atoms with Gasteiger partial charge in [0.15, 0.2) is 5.11 Å². The molecule has 0 atom stereocenters. The Morgan fingerprint density at radius 2 is 1.77 bits per heavy atom. The molecule has 0 fully saturated rings. The van der Waals surface area contributed by atoms with Gasteiger partial charge in [-0.15, -0.1) is 0 Å². The molecule has 2 aromatic carbocycles. The van der Waals surface area contributed by atoms with Crippen molar-refractivity contribution >= 4 is 60.8 Å². The number of aryl methyl sites for hydroxylation is 2. The summed E-state index contributed by atoms with van der Waals surface area (Å²) in [5.74, 6) is -0.249. The van der Waals surface area contributed by atoms with E-state index in [9.17, 15) is 4.79 Å². The van der Waals surface area contributed by atoms with Crippen molar-refractivity contribution in [1.29, 1.82) is 0 Å². The van der Waals surface area contributed by atoms with E-state index >= 15 is 0 Å². The van der Waals surface area contributed by atoms with Gasteiger partial charge in [0.2, 0.25) is 0 Å². The third kappa shape index (κ3) is 4.38. The van der Waals surface area contributed by atoms with Crippen LogP contribution >= 0.6 is 44.1 Å². The summed E-state index contributed by atoms with van der Waals surface area (Å²) in [6.45, 7) is 3.97. The zero-order valence-electron chi connectivity index (χ0n) is 12.0. The van der Waals surface area contributed by atoms with E-state index in [0.717, 1.165) is 25.8 Å². The molecule has 0 aliphatic carbocycles. The van der Waals surface area contributed by atoms with Crippen LogP contribution in [0.1, 0.15) is 21.5 Å². The lowest BCUT2D eigenvalue weighted by atomic mass is 10.1. The van der Waals surface area contributed by atoms with Crippen LogP contribution in [0.3, 0.4) is 0 Å². The fraction of sp³-hybridized carbons (Fsp3) is 0.125. The number of anilines is 1. The van der Waals surface area contributed by atoms with Gasteiger partial charge < -0.3 is 5.32 Å². The Kier molecular flexibility index (Phi) is 5.72. The molecule has 0 bridgehead atoms. The number of rotatable bonds is 2. The topological polar surface area (TPSA) is 41.1 Å². The van der Waals surface area contributed by atoms with E-state index in [2.05, 4.69) is 42.5 Å². The average molecular weight is 442 g/mol. The van der Waals surface area contributed by atoms with Crippen molar-refractivity contribution in [3.63, 3.8) is 0 Å². The van der Waals surface area contributed by atoms with Gasteiger partial charge in [-0.1, -0.05) is 28.1 Å². The number of thiocarbonyl (C=S) groups is 1. The molecule has 2 N–H and O–H groups in total. The van der Waals surface area contributed by atoms with Crippen molar-refractivity contribution in [3.8, 4) is 0 Å². The lowest BCUT2D eigenvalue weighted by Crippen LogP contribution is -2.34. The first-order valence-electron chi connectivity index (χ1n) is 6.51. The molecule has 0 aliphatic heterocycles. The lowest BCUT2D eigenvalue weighted by molar-refractivity contribution is 0.0977. The van der Waals surface area contributed by atoms with E-state index in [-0.39, 0.29) is 11.0 Å². The minimum absolute atomic E-state index is 0.249. The Labute approximate surface area is 151 Å². The Bertz CT molecular complexity index is 747. The normalized spacial score (nSPS) is 10.2. The summed E-state index contributed by atoms with van der Waals surface area (Å²) in [5.41, 5.74) is 3.56. The Morgan fingerprint density at radius 3 is 2.41 bits per heavy atom. The maximum atomic E-state index is 12.2. The van der Waals surface area contributed by atoms with Crippen molar-refractivity contribution in [2.45, 2.75) is 13.8 Å². The fourth-order valence-electron chi connectivity index (χ4n) is 1.78. The van der Waals surface area contributed by atoms with Crippen molar-refractivity contribution in [2.24, 2.45) is 0 Å². The molecule has 3 nitrogen and oxygen atoms in total. The van der Waals surface area contributed by atoms with E-state index in [0.29, 0.717) is 5.56 Å². The van der Waals surface area contributed by atoms with Crippen LogP contribution in [0.2, 0.25) is 0 Å².